The number of aryl methyl sites for hydroxylation is 1. The van der Waals surface area contributed by atoms with E-state index in [0.29, 0.717) is 31.8 Å². The van der Waals surface area contributed by atoms with Crippen molar-refractivity contribution in [1.82, 2.24) is 15.1 Å². The number of nitrogens with zero attached hydrogens (tertiary/aromatic N) is 2. The summed E-state index contributed by atoms with van der Waals surface area (Å²) in [5.41, 5.74) is 0.910. The number of rotatable bonds is 7. The van der Waals surface area contributed by atoms with E-state index in [1.165, 1.54) is 12.1 Å². The summed E-state index contributed by atoms with van der Waals surface area (Å²) in [6, 6.07) is 5.68. The van der Waals surface area contributed by atoms with Gasteiger partial charge in [-0.3, -0.25) is 9.59 Å². The molecular weight excluding hydrogens is 333 g/mol. The van der Waals surface area contributed by atoms with Gasteiger partial charge in [-0.15, -0.1) is 0 Å². The Morgan fingerprint density at radius 3 is 2.31 bits per heavy atom. The zero-order chi connectivity index (χ0) is 19.1. The summed E-state index contributed by atoms with van der Waals surface area (Å²) >= 11 is 0. The van der Waals surface area contributed by atoms with Gasteiger partial charge < -0.3 is 15.1 Å². The van der Waals surface area contributed by atoms with E-state index in [-0.39, 0.29) is 24.1 Å². The van der Waals surface area contributed by atoms with Crippen LogP contribution in [0.25, 0.3) is 0 Å². The van der Waals surface area contributed by atoms with Crippen molar-refractivity contribution in [3.8, 4) is 0 Å². The predicted octanol–water partition coefficient (Wildman–Crippen LogP) is 2.06. The quantitative estimate of drug-likeness (QED) is 0.807. The summed E-state index contributed by atoms with van der Waals surface area (Å²) in [5.74, 6) is -0.0915. The molecule has 2 rings (SSSR count). The minimum Gasteiger partial charge on any atom is -0.344 e. The Hall–Kier alpha value is -1.95. The number of hydrogen-bond acceptors (Lipinski definition) is 3. The molecule has 5 nitrogen and oxygen atoms in total. The molecule has 0 aromatic heterocycles. The Kier molecular flexibility index (Phi) is 7.57. The molecule has 1 heterocycles. The summed E-state index contributed by atoms with van der Waals surface area (Å²) in [6.07, 6.45) is 1.45. The lowest BCUT2D eigenvalue weighted by molar-refractivity contribution is -0.138. The van der Waals surface area contributed by atoms with Gasteiger partial charge in [0, 0.05) is 32.6 Å². The molecule has 6 heteroatoms. The first kappa shape index (κ1) is 20.4. The highest BCUT2D eigenvalue weighted by Crippen LogP contribution is 2.11. The van der Waals surface area contributed by atoms with Crippen LogP contribution < -0.4 is 5.32 Å². The van der Waals surface area contributed by atoms with Gasteiger partial charge in [-0.1, -0.05) is 26.0 Å². The maximum atomic E-state index is 12.9. The molecule has 26 heavy (non-hydrogen) atoms. The van der Waals surface area contributed by atoms with E-state index in [0.717, 1.165) is 18.7 Å². The van der Waals surface area contributed by atoms with Crippen LogP contribution in [0.15, 0.2) is 24.3 Å². The van der Waals surface area contributed by atoms with E-state index in [1.54, 1.807) is 12.1 Å². The van der Waals surface area contributed by atoms with Crippen LogP contribution >= 0.6 is 0 Å². The lowest BCUT2D eigenvalue weighted by Crippen LogP contribution is -2.54. The molecule has 1 aromatic rings. The molecule has 1 N–H and O–H groups in total. The van der Waals surface area contributed by atoms with Crippen LogP contribution in [0.2, 0.25) is 0 Å². The van der Waals surface area contributed by atoms with Crippen LogP contribution in [0.5, 0.6) is 0 Å². The van der Waals surface area contributed by atoms with Crippen LogP contribution in [0.4, 0.5) is 4.39 Å². The van der Waals surface area contributed by atoms with Crippen molar-refractivity contribution >= 4 is 11.8 Å². The monoisotopic (exact) mass is 363 g/mol. The number of carbonyl (C=O) groups is 2. The molecule has 0 radical (unpaired) electrons. The Bertz CT molecular complexity index is 596. The second kappa shape index (κ2) is 9.67. The first-order chi connectivity index (χ1) is 12.3. The fraction of sp³-hybridized carbons (Fsp3) is 0.600. The number of halogens is 1. The van der Waals surface area contributed by atoms with Gasteiger partial charge in [-0.25, -0.2) is 4.39 Å². The van der Waals surface area contributed by atoms with E-state index in [4.69, 9.17) is 0 Å². The molecule has 1 aliphatic rings. The van der Waals surface area contributed by atoms with Crippen LogP contribution in [-0.4, -0.2) is 60.9 Å². The predicted molar refractivity (Wildman–Crippen MR) is 100 cm³/mol. The number of carbonyl (C=O) groups excluding carboxylic acids is 2. The summed E-state index contributed by atoms with van der Waals surface area (Å²) in [5, 5.41) is 2.92. The highest BCUT2D eigenvalue weighted by atomic mass is 19.1. The summed E-state index contributed by atoms with van der Waals surface area (Å²) in [6.45, 7) is 7.23. The number of piperazine rings is 1. The molecule has 1 saturated heterocycles. The average molecular weight is 363 g/mol. The summed E-state index contributed by atoms with van der Waals surface area (Å²) in [7, 11) is 2.05. The van der Waals surface area contributed by atoms with Crippen LogP contribution in [0.1, 0.15) is 32.3 Å². The first-order valence-electron chi connectivity index (χ1n) is 9.36. The van der Waals surface area contributed by atoms with Gasteiger partial charge in [-0.2, -0.15) is 0 Å². The first-order valence-corrected chi connectivity index (χ1v) is 9.36. The molecule has 0 saturated carbocycles. The van der Waals surface area contributed by atoms with Gasteiger partial charge in [0.25, 0.3) is 0 Å². The van der Waals surface area contributed by atoms with Crippen molar-refractivity contribution in [2.45, 2.75) is 39.2 Å². The van der Waals surface area contributed by atoms with Gasteiger partial charge in [-0.05, 0) is 43.5 Å². The van der Waals surface area contributed by atoms with Crippen molar-refractivity contribution in [2.75, 3.05) is 33.2 Å². The Morgan fingerprint density at radius 2 is 1.73 bits per heavy atom. The van der Waals surface area contributed by atoms with Gasteiger partial charge in [0.15, 0.2) is 0 Å². The van der Waals surface area contributed by atoms with Gasteiger partial charge >= 0.3 is 0 Å². The maximum Gasteiger partial charge on any atom is 0.245 e. The van der Waals surface area contributed by atoms with E-state index < -0.39 is 6.04 Å². The minimum absolute atomic E-state index is 0.0157. The molecule has 1 aromatic carbocycles. The van der Waals surface area contributed by atoms with Gasteiger partial charge in [0.05, 0.1) is 0 Å². The van der Waals surface area contributed by atoms with Gasteiger partial charge in [0.1, 0.15) is 11.9 Å². The summed E-state index contributed by atoms with van der Waals surface area (Å²) < 4.78 is 12.9. The van der Waals surface area contributed by atoms with Gasteiger partial charge in [0.2, 0.25) is 11.8 Å². The zero-order valence-electron chi connectivity index (χ0n) is 16.0. The standard InChI is InChI=1S/C20H30FN3O2/c1-15(2)14-18(20(26)24-12-10-23(3)11-13-24)22-19(25)9-6-16-4-7-17(21)8-5-16/h4-5,7-8,15,18H,6,9-14H2,1-3H3,(H,22,25). The van der Waals surface area contributed by atoms with Crippen molar-refractivity contribution in [3.63, 3.8) is 0 Å². The highest BCUT2D eigenvalue weighted by molar-refractivity contribution is 5.87. The molecule has 0 bridgehead atoms. The largest absolute Gasteiger partial charge is 0.344 e. The Balaban J connectivity index is 1.90. The number of amides is 2. The minimum atomic E-state index is -0.473. The van der Waals surface area contributed by atoms with E-state index in [9.17, 15) is 14.0 Å². The third kappa shape index (κ3) is 6.41. The summed E-state index contributed by atoms with van der Waals surface area (Å²) in [4.78, 5) is 29.2. The van der Waals surface area contributed by atoms with Crippen LogP contribution in [0, 0.1) is 11.7 Å². The molecule has 0 aliphatic carbocycles. The third-order valence-corrected chi connectivity index (χ3v) is 4.71. The average Bonchev–Trinajstić information content (AvgIpc) is 2.60. The molecule has 1 unspecified atom stereocenters. The van der Waals surface area contributed by atoms with Crippen molar-refractivity contribution in [2.24, 2.45) is 5.92 Å². The molecule has 2 amide bonds. The second-order valence-electron chi connectivity index (χ2n) is 7.50. The third-order valence-electron chi connectivity index (χ3n) is 4.71. The van der Waals surface area contributed by atoms with E-state index >= 15 is 0 Å². The fourth-order valence-electron chi connectivity index (χ4n) is 3.12. The molecule has 1 fully saturated rings. The maximum absolute atomic E-state index is 12.9. The van der Waals surface area contributed by atoms with Crippen molar-refractivity contribution in [3.05, 3.63) is 35.6 Å². The highest BCUT2D eigenvalue weighted by Gasteiger charge is 2.28. The molecule has 1 aliphatic heterocycles. The molecule has 144 valence electrons. The molecule has 0 spiro atoms. The SMILES string of the molecule is CC(C)CC(NC(=O)CCc1ccc(F)cc1)C(=O)N1CCN(C)CC1. The number of likely N-dealkylation sites (N-methyl/N-ethyl adjacent to an activating group) is 1. The number of nitrogens with one attached hydrogen (secondary N) is 1. The van der Waals surface area contributed by atoms with E-state index in [2.05, 4.69) is 24.1 Å². The van der Waals surface area contributed by atoms with E-state index in [1.807, 2.05) is 11.9 Å². The lowest BCUT2D eigenvalue weighted by Gasteiger charge is -2.35. The number of benzene rings is 1. The Morgan fingerprint density at radius 1 is 1.12 bits per heavy atom. The van der Waals surface area contributed by atoms with Crippen LogP contribution in [0.3, 0.4) is 0 Å². The smallest absolute Gasteiger partial charge is 0.245 e. The topological polar surface area (TPSA) is 52.7 Å². The second-order valence-corrected chi connectivity index (χ2v) is 7.50. The molecule has 1 atom stereocenters. The zero-order valence-corrected chi connectivity index (χ0v) is 16.0. The van der Waals surface area contributed by atoms with Crippen molar-refractivity contribution in [1.29, 1.82) is 0 Å². The van der Waals surface area contributed by atoms with Crippen LogP contribution in [-0.2, 0) is 16.0 Å². The van der Waals surface area contributed by atoms with Crippen molar-refractivity contribution < 1.29 is 14.0 Å². The fourth-order valence-corrected chi connectivity index (χ4v) is 3.12. The normalized spacial score (nSPS) is 16.6. The number of hydrogen-bond donors (Lipinski definition) is 1. The lowest BCUT2D eigenvalue weighted by atomic mass is 10.0. The molecular formula is C20H30FN3O2. The Labute approximate surface area is 155 Å².